The van der Waals surface area contributed by atoms with Crippen LogP contribution in [0, 0.1) is 12.8 Å². The zero-order valence-corrected chi connectivity index (χ0v) is 13.4. The van der Waals surface area contributed by atoms with Crippen LogP contribution in [0.3, 0.4) is 0 Å². The summed E-state index contributed by atoms with van der Waals surface area (Å²) in [5.41, 5.74) is 0.561. The highest BCUT2D eigenvalue weighted by Crippen LogP contribution is 2.26. The summed E-state index contributed by atoms with van der Waals surface area (Å²) >= 11 is 5.90. The fourth-order valence-electron chi connectivity index (χ4n) is 1.44. The Morgan fingerprint density at radius 1 is 1.30 bits per heavy atom. The number of carbonyl (C=O) groups excluding carboxylic acids is 1. The highest BCUT2D eigenvalue weighted by atomic mass is 35.5. The van der Waals surface area contributed by atoms with Crippen LogP contribution >= 0.6 is 11.6 Å². The van der Waals surface area contributed by atoms with Crippen molar-refractivity contribution in [1.29, 1.82) is 0 Å². The van der Waals surface area contributed by atoms with Crippen molar-refractivity contribution >= 4 is 27.6 Å². The zero-order chi connectivity index (χ0) is 15.7. The van der Waals surface area contributed by atoms with Gasteiger partial charge in [-0.2, -0.15) is 0 Å². The molecule has 0 heterocycles. The second-order valence-electron chi connectivity index (χ2n) is 5.00. The number of carbonyl (C=O) groups is 1. The summed E-state index contributed by atoms with van der Waals surface area (Å²) < 4.78 is 28.1. The largest absolute Gasteiger partial charge is 0.459 e. The Bertz CT molecular complexity index is 626. The van der Waals surface area contributed by atoms with E-state index in [-0.39, 0.29) is 27.5 Å². The lowest BCUT2D eigenvalue weighted by Gasteiger charge is -2.17. The summed E-state index contributed by atoms with van der Waals surface area (Å²) in [5.74, 6) is -0.444. The molecule has 0 bridgehead atoms. The molecular formula is C13H18ClNO4S. The van der Waals surface area contributed by atoms with Crippen LogP contribution in [0.1, 0.15) is 36.7 Å². The number of halogens is 1. The van der Waals surface area contributed by atoms with Gasteiger partial charge in [-0.05, 0) is 37.5 Å². The van der Waals surface area contributed by atoms with E-state index in [0.717, 1.165) is 6.07 Å². The van der Waals surface area contributed by atoms with Crippen molar-refractivity contribution in [2.75, 3.05) is 0 Å². The number of aryl methyl sites for hydroxylation is 1. The molecule has 2 N–H and O–H groups in total. The highest BCUT2D eigenvalue weighted by Gasteiger charge is 2.21. The summed E-state index contributed by atoms with van der Waals surface area (Å²) in [7, 11) is -4.00. The quantitative estimate of drug-likeness (QED) is 0.864. The lowest BCUT2D eigenvalue weighted by Crippen LogP contribution is -2.21. The van der Waals surface area contributed by atoms with Crippen molar-refractivity contribution in [2.45, 2.75) is 38.7 Å². The van der Waals surface area contributed by atoms with Gasteiger partial charge in [-0.25, -0.2) is 18.4 Å². The van der Waals surface area contributed by atoms with Gasteiger partial charge in [0.2, 0.25) is 10.0 Å². The number of nitrogens with two attached hydrogens (primary N) is 1. The maximum absolute atomic E-state index is 12.0. The average Bonchev–Trinajstić information content (AvgIpc) is 2.30. The van der Waals surface area contributed by atoms with Crippen molar-refractivity contribution in [3.63, 3.8) is 0 Å². The van der Waals surface area contributed by atoms with Crippen LogP contribution in [0.25, 0.3) is 0 Å². The molecule has 1 atom stereocenters. The fourth-order valence-corrected chi connectivity index (χ4v) is 2.57. The summed E-state index contributed by atoms with van der Waals surface area (Å²) in [4.78, 5) is 11.7. The number of rotatable bonds is 4. The topological polar surface area (TPSA) is 86.5 Å². The Hall–Kier alpha value is -1.11. The fraction of sp³-hybridized carbons (Fsp3) is 0.462. The number of hydrogen-bond donors (Lipinski definition) is 1. The molecule has 1 aromatic carbocycles. The zero-order valence-electron chi connectivity index (χ0n) is 11.8. The molecule has 1 unspecified atom stereocenters. The predicted molar refractivity (Wildman–Crippen MR) is 77.3 cm³/mol. The van der Waals surface area contributed by atoms with Crippen LogP contribution in [0.15, 0.2) is 17.0 Å². The Morgan fingerprint density at radius 2 is 1.85 bits per heavy atom. The molecule has 5 nitrogen and oxygen atoms in total. The average molecular weight is 320 g/mol. The molecule has 0 saturated carbocycles. The highest BCUT2D eigenvalue weighted by molar-refractivity contribution is 7.89. The first-order valence-corrected chi connectivity index (χ1v) is 8.00. The number of hydrogen-bond acceptors (Lipinski definition) is 4. The van der Waals surface area contributed by atoms with Gasteiger partial charge < -0.3 is 4.74 Å². The van der Waals surface area contributed by atoms with E-state index in [1.54, 1.807) is 13.8 Å². The molecule has 0 fully saturated rings. The standard InChI is InChI=1S/C13H18ClNO4S/c1-7(2)9(4)19-13(16)10-5-8(3)12(14)11(6-10)20(15,17)18/h5-7,9H,1-4H3,(H2,15,17,18). The first kappa shape index (κ1) is 16.9. The third-order valence-electron chi connectivity index (χ3n) is 3.00. The number of esters is 1. The van der Waals surface area contributed by atoms with E-state index >= 15 is 0 Å². The Morgan fingerprint density at radius 3 is 2.30 bits per heavy atom. The molecule has 0 amide bonds. The first-order valence-electron chi connectivity index (χ1n) is 6.08. The number of sulfonamides is 1. The van der Waals surface area contributed by atoms with Crippen LogP contribution in [0.2, 0.25) is 5.02 Å². The monoisotopic (exact) mass is 319 g/mol. The minimum absolute atomic E-state index is 0.0148. The first-order chi connectivity index (χ1) is 9.04. The second kappa shape index (κ2) is 6.11. The van der Waals surface area contributed by atoms with Crippen molar-refractivity contribution in [2.24, 2.45) is 11.1 Å². The van der Waals surface area contributed by atoms with Crippen LogP contribution in [0.4, 0.5) is 0 Å². The van der Waals surface area contributed by atoms with Gasteiger partial charge in [0, 0.05) is 0 Å². The lowest BCUT2D eigenvalue weighted by atomic mass is 10.1. The van der Waals surface area contributed by atoms with E-state index in [9.17, 15) is 13.2 Å². The van der Waals surface area contributed by atoms with Gasteiger partial charge >= 0.3 is 5.97 Å². The maximum Gasteiger partial charge on any atom is 0.338 e. The molecule has 20 heavy (non-hydrogen) atoms. The summed E-state index contributed by atoms with van der Waals surface area (Å²) in [5, 5.41) is 5.10. The summed E-state index contributed by atoms with van der Waals surface area (Å²) in [6.07, 6.45) is -0.281. The van der Waals surface area contributed by atoms with E-state index in [2.05, 4.69) is 0 Å². The molecule has 0 aliphatic rings. The second-order valence-corrected chi connectivity index (χ2v) is 6.91. The minimum atomic E-state index is -4.00. The number of ether oxygens (including phenoxy) is 1. The maximum atomic E-state index is 12.0. The van der Waals surface area contributed by atoms with Gasteiger partial charge in [0.1, 0.15) is 11.0 Å². The van der Waals surface area contributed by atoms with Crippen molar-refractivity contribution in [3.05, 3.63) is 28.3 Å². The van der Waals surface area contributed by atoms with Crippen molar-refractivity contribution in [3.8, 4) is 0 Å². The lowest BCUT2D eigenvalue weighted by molar-refractivity contribution is 0.0237. The molecule has 0 aliphatic heterocycles. The molecule has 0 radical (unpaired) electrons. The SMILES string of the molecule is Cc1cc(C(=O)OC(C)C(C)C)cc(S(N)(=O)=O)c1Cl. The molecule has 112 valence electrons. The van der Waals surface area contributed by atoms with E-state index in [4.69, 9.17) is 21.5 Å². The number of primary sulfonamides is 1. The van der Waals surface area contributed by atoms with Crippen LogP contribution in [-0.2, 0) is 14.8 Å². The van der Waals surface area contributed by atoms with Crippen molar-refractivity contribution in [1.82, 2.24) is 0 Å². The molecule has 0 aromatic heterocycles. The van der Waals surface area contributed by atoms with E-state index in [0.29, 0.717) is 5.56 Å². The molecule has 0 saturated heterocycles. The molecule has 0 aliphatic carbocycles. The molecule has 1 rings (SSSR count). The van der Waals surface area contributed by atoms with Gasteiger partial charge in [-0.3, -0.25) is 0 Å². The molecular weight excluding hydrogens is 302 g/mol. The Balaban J connectivity index is 3.21. The van der Waals surface area contributed by atoms with Gasteiger partial charge in [0.25, 0.3) is 0 Å². The summed E-state index contributed by atoms with van der Waals surface area (Å²) in [6.45, 7) is 7.20. The minimum Gasteiger partial charge on any atom is -0.459 e. The smallest absolute Gasteiger partial charge is 0.338 e. The third kappa shape index (κ3) is 3.94. The number of benzene rings is 1. The van der Waals surface area contributed by atoms with Gasteiger partial charge in [0.15, 0.2) is 0 Å². The molecule has 1 aromatic rings. The normalized spacial score (nSPS) is 13.3. The van der Waals surface area contributed by atoms with E-state index in [1.165, 1.54) is 6.07 Å². The van der Waals surface area contributed by atoms with Gasteiger partial charge in [-0.15, -0.1) is 0 Å². The van der Waals surface area contributed by atoms with Crippen LogP contribution < -0.4 is 5.14 Å². The van der Waals surface area contributed by atoms with Crippen LogP contribution in [-0.4, -0.2) is 20.5 Å². The summed E-state index contributed by atoms with van der Waals surface area (Å²) in [6, 6.07) is 2.62. The van der Waals surface area contributed by atoms with Crippen LogP contribution in [0.5, 0.6) is 0 Å². The van der Waals surface area contributed by atoms with Gasteiger partial charge in [0.05, 0.1) is 10.6 Å². The van der Waals surface area contributed by atoms with Crippen molar-refractivity contribution < 1.29 is 17.9 Å². The molecule has 7 heteroatoms. The Labute approximate surface area is 124 Å². The predicted octanol–water partition coefficient (Wildman–Crippen LogP) is 2.50. The van der Waals surface area contributed by atoms with E-state index < -0.39 is 16.0 Å². The Kier molecular flexibility index (Phi) is 5.18. The van der Waals surface area contributed by atoms with E-state index in [1.807, 2.05) is 13.8 Å². The molecule has 0 spiro atoms. The third-order valence-corrected chi connectivity index (χ3v) is 4.54. The van der Waals surface area contributed by atoms with Gasteiger partial charge in [-0.1, -0.05) is 25.4 Å².